The summed E-state index contributed by atoms with van der Waals surface area (Å²) in [4.78, 5) is 0. The van der Waals surface area contributed by atoms with E-state index in [0.717, 1.165) is 51.6 Å². The Morgan fingerprint density at radius 1 is 0.414 bits per heavy atom. The lowest BCUT2D eigenvalue weighted by Crippen LogP contribution is -1.91. The van der Waals surface area contributed by atoms with Crippen LogP contribution in [0.1, 0.15) is 0 Å². The zero-order valence-electron chi connectivity index (χ0n) is 15.0. The van der Waals surface area contributed by atoms with E-state index in [0.29, 0.717) is 0 Å². The summed E-state index contributed by atoms with van der Waals surface area (Å²) in [5.41, 5.74) is 4.49. The van der Waals surface area contributed by atoms with Crippen molar-refractivity contribution in [2.45, 2.75) is 0 Å². The van der Waals surface area contributed by atoms with Gasteiger partial charge in [0.05, 0.1) is 8.95 Å². The number of halogens is 4. The quantitative estimate of drug-likeness (QED) is 0.216. The molecule has 0 N–H and O–H groups in total. The fraction of sp³-hybridized carbons (Fsp3) is 0. The predicted octanol–water partition coefficient (Wildman–Crippen LogP) is 9.86. The SMILES string of the molecule is Brc1c(Oc2ccc(-c3ccccc3)c(Br)c2Br)ccc(-c2ccccc2)c1Br. The predicted molar refractivity (Wildman–Crippen MR) is 135 cm³/mol. The number of hydrogen-bond acceptors (Lipinski definition) is 1. The number of benzene rings is 4. The van der Waals surface area contributed by atoms with Gasteiger partial charge in [0, 0.05) is 8.95 Å². The summed E-state index contributed by atoms with van der Waals surface area (Å²) in [6, 6.07) is 28.6. The fourth-order valence-corrected chi connectivity index (χ4v) is 4.99. The minimum atomic E-state index is 0.733. The largest absolute Gasteiger partial charge is 0.455 e. The second-order valence-electron chi connectivity index (χ2n) is 6.31. The molecule has 29 heavy (non-hydrogen) atoms. The third kappa shape index (κ3) is 4.38. The molecule has 0 saturated heterocycles. The maximum atomic E-state index is 6.23. The summed E-state index contributed by atoms with van der Waals surface area (Å²) in [5.74, 6) is 1.47. The van der Waals surface area contributed by atoms with Gasteiger partial charge in [-0.3, -0.25) is 0 Å². The minimum absolute atomic E-state index is 0.733. The van der Waals surface area contributed by atoms with E-state index in [4.69, 9.17) is 4.74 Å². The Bertz CT molecular complexity index is 1070. The van der Waals surface area contributed by atoms with Crippen LogP contribution in [-0.2, 0) is 0 Å². The Kier molecular flexibility index (Phi) is 6.60. The van der Waals surface area contributed by atoms with Crippen LogP contribution >= 0.6 is 63.7 Å². The summed E-state index contributed by atoms with van der Waals surface area (Å²) in [6.07, 6.45) is 0. The second kappa shape index (κ2) is 9.17. The maximum Gasteiger partial charge on any atom is 0.142 e. The van der Waals surface area contributed by atoms with Crippen molar-refractivity contribution in [3.05, 3.63) is 103 Å². The molecule has 0 heterocycles. The summed E-state index contributed by atoms with van der Waals surface area (Å²) < 4.78 is 9.88. The molecule has 0 radical (unpaired) electrons. The average Bonchev–Trinajstić information content (AvgIpc) is 2.76. The smallest absolute Gasteiger partial charge is 0.142 e. The molecule has 0 amide bonds. The molecule has 0 atom stereocenters. The van der Waals surface area contributed by atoms with Gasteiger partial charge in [-0.15, -0.1) is 0 Å². The van der Waals surface area contributed by atoms with Crippen LogP contribution in [0.15, 0.2) is 103 Å². The molecule has 5 heteroatoms. The van der Waals surface area contributed by atoms with Crippen LogP contribution in [0.2, 0.25) is 0 Å². The highest BCUT2D eigenvalue weighted by molar-refractivity contribution is 9.13. The first kappa shape index (κ1) is 20.9. The molecule has 0 aromatic heterocycles. The lowest BCUT2D eigenvalue weighted by atomic mass is 10.1. The lowest BCUT2D eigenvalue weighted by molar-refractivity contribution is 0.476. The van der Waals surface area contributed by atoms with Crippen LogP contribution in [0.3, 0.4) is 0 Å². The lowest BCUT2D eigenvalue weighted by Gasteiger charge is -2.15. The summed E-state index contributed by atoms with van der Waals surface area (Å²) in [5, 5.41) is 0. The van der Waals surface area contributed by atoms with Crippen molar-refractivity contribution in [2.24, 2.45) is 0 Å². The molecule has 0 spiro atoms. The third-order valence-corrected chi connectivity index (χ3v) is 8.77. The van der Waals surface area contributed by atoms with Crippen molar-refractivity contribution in [1.82, 2.24) is 0 Å². The Hall–Kier alpha value is -1.40. The first-order chi connectivity index (χ1) is 14.1. The van der Waals surface area contributed by atoms with E-state index in [2.05, 4.69) is 100 Å². The molecular weight excluding hydrogens is 624 g/mol. The molecule has 0 aliphatic heterocycles. The standard InChI is InChI=1S/C24H14Br4O/c25-21-17(15-7-3-1-4-8-15)11-13-19(23(21)27)29-20-14-12-18(22(26)24(20)28)16-9-5-2-6-10-16/h1-14H. The average molecular weight is 638 g/mol. The van der Waals surface area contributed by atoms with Gasteiger partial charge in [-0.2, -0.15) is 0 Å². The van der Waals surface area contributed by atoms with Gasteiger partial charge in [-0.05, 0) is 110 Å². The van der Waals surface area contributed by atoms with Crippen molar-refractivity contribution < 1.29 is 4.74 Å². The van der Waals surface area contributed by atoms with E-state index in [1.165, 1.54) is 0 Å². The van der Waals surface area contributed by atoms with Crippen molar-refractivity contribution in [1.29, 1.82) is 0 Å². The molecule has 0 bridgehead atoms. The summed E-state index contributed by atoms with van der Waals surface area (Å²) in [6.45, 7) is 0. The number of hydrogen-bond donors (Lipinski definition) is 0. The van der Waals surface area contributed by atoms with Crippen molar-refractivity contribution in [3.8, 4) is 33.8 Å². The molecular formula is C24H14Br4O. The van der Waals surface area contributed by atoms with Crippen LogP contribution in [-0.4, -0.2) is 0 Å². The first-order valence-corrected chi connectivity index (χ1v) is 12.0. The Labute approximate surface area is 203 Å². The summed E-state index contributed by atoms with van der Waals surface area (Å²) >= 11 is 14.8. The molecule has 4 aromatic rings. The van der Waals surface area contributed by atoms with Crippen molar-refractivity contribution in [3.63, 3.8) is 0 Å². The molecule has 0 aliphatic rings. The summed E-state index contributed by atoms with van der Waals surface area (Å²) in [7, 11) is 0. The van der Waals surface area contributed by atoms with Crippen LogP contribution in [0.5, 0.6) is 11.5 Å². The fourth-order valence-electron chi connectivity index (χ4n) is 3.02. The van der Waals surface area contributed by atoms with E-state index >= 15 is 0 Å². The number of rotatable bonds is 4. The monoisotopic (exact) mass is 634 g/mol. The van der Waals surface area contributed by atoms with Gasteiger partial charge < -0.3 is 4.74 Å². The van der Waals surface area contributed by atoms with Gasteiger partial charge in [0.25, 0.3) is 0 Å². The van der Waals surface area contributed by atoms with E-state index in [1.807, 2.05) is 48.5 Å². The highest BCUT2D eigenvalue weighted by Gasteiger charge is 2.16. The van der Waals surface area contributed by atoms with Crippen LogP contribution < -0.4 is 4.74 Å². The molecule has 0 aliphatic carbocycles. The van der Waals surface area contributed by atoms with E-state index in [9.17, 15) is 0 Å². The Balaban J connectivity index is 1.68. The molecule has 4 rings (SSSR count). The number of ether oxygens (including phenoxy) is 1. The molecule has 0 fully saturated rings. The zero-order chi connectivity index (χ0) is 20.4. The van der Waals surface area contributed by atoms with Crippen LogP contribution in [0.4, 0.5) is 0 Å². The van der Waals surface area contributed by atoms with E-state index in [1.54, 1.807) is 0 Å². The van der Waals surface area contributed by atoms with Crippen molar-refractivity contribution >= 4 is 63.7 Å². The third-order valence-electron chi connectivity index (χ3n) is 4.48. The molecule has 4 aromatic carbocycles. The highest BCUT2D eigenvalue weighted by Crippen LogP contribution is 2.45. The first-order valence-electron chi connectivity index (χ1n) is 8.81. The molecule has 0 saturated carbocycles. The topological polar surface area (TPSA) is 9.23 Å². The van der Waals surface area contributed by atoms with Gasteiger partial charge in [-0.1, -0.05) is 60.7 Å². The van der Waals surface area contributed by atoms with Crippen LogP contribution in [0.25, 0.3) is 22.3 Å². The van der Waals surface area contributed by atoms with Gasteiger partial charge in [0.15, 0.2) is 0 Å². The van der Waals surface area contributed by atoms with Gasteiger partial charge in [-0.25, -0.2) is 0 Å². The van der Waals surface area contributed by atoms with Gasteiger partial charge in [0.2, 0.25) is 0 Å². The van der Waals surface area contributed by atoms with E-state index in [-0.39, 0.29) is 0 Å². The van der Waals surface area contributed by atoms with E-state index < -0.39 is 0 Å². The highest BCUT2D eigenvalue weighted by atomic mass is 79.9. The molecule has 0 unspecified atom stereocenters. The van der Waals surface area contributed by atoms with Crippen LogP contribution in [0, 0.1) is 0 Å². The van der Waals surface area contributed by atoms with Gasteiger partial charge >= 0.3 is 0 Å². The van der Waals surface area contributed by atoms with Gasteiger partial charge in [0.1, 0.15) is 11.5 Å². The molecule has 1 nitrogen and oxygen atoms in total. The Morgan fingerprint density at radius 3 is 1.17 bits per heavy atom. The Morgan fingerprint density at radius 2 is 0.793 bits per heavy atom. The normalized spacial score (nSPS) is 10.8. The minimum Gasteiger partial charge on any atom is -0.455 e. The second-order valence-corrected chi connectivity index (χ2v) is 9.48. The maximum absolute atomic E-state index is 6.23. The zero-order valence-corrected chi connectivity index (χ0v) is 21.3. The van der Waals surface area contributed by atoms with Crippen molar-refractivity contribution in [2.75, 3.05) is 0 Å². The molecule has 144 valence electrons.